The molecule has 20 heavy (non-hydrogen) atoms. The maximum absolute atomic E-state index is 5.58. The van der Waals surface area contributed by atoms with E-state index in [0.29, 0.717) is 6.54 Å². The highest BCUT2D eigenvalue weighted by Crippen LogP contribution is 2.27. The molecular formula is C13H16N6S. The van der Waals surface area contributed by atoms with Crippen molar-refractivity contribution in [3.05, 3.63) is 29.7 Å². The highest BCUT2D eigenvalue weighted by molar-refractivity contribution is 7.19. The molecule has 0 unspecified atom stereocenters. The number of fused-ring (bicyclic) bond motifs is 1. The first-order chi connectivity index (χ1) is 9.49. The summed E-state index contributed by atoms with van der Waals surface area (Å²) >= 11 is 1.49. The van der Waals surface area contributed by atoms with E-state index in [2.05, 4.69) is 41.1 Å². The number of rotatable bonds is 2. The first-order valence-electron chi connectivity index (χ1n) is 6.37. The fourth-order valence-corrected chi connectivity index (χ4v) is 2.68. The van der Waals surface area contributed by atoms with Gasteiger partial charge < -0.3 is 5.73 Å². The average molecular weight is 288 g/mol. The number of hydrogen-bond donors (Lipinski definition) is 1. The van der Waals surface area contributed by atoms with E-state index in [-0.39, 0.29) is 5.41 Å². The SMILES string of the molecule is CC(C)(C)c1nnc2sc(-c3ccc(CN)cn3)nn12. The lowest BCUT2D eigenvalue weighted by Crippen LogP contribution is -2.16. The van der Waals surface area contributed by atoms with Crippen molar-refractivity contribution in [3.63, 3.8) is 0 Å². The summed E-state index contributed by atoms with van der Waals surface area (Å²) in [6, 6.07) is 3.90. The van der Waals surface area contributed by atoms with Gasteiger partial charge in [-0.15, -0.1) is 10.2 Å². The van der Waals surface area contributed by atoms with Crippen molar-refractivity contribution in [3.8, 4) is 10.7 Å². The Morgan fingerprint density at radius 2 is 2.05 bits per heavy atom. The van der Waals surface area contributed by atoms with Crippen LogP contribution in [0, 0.1) is 0 Å². The van der Waals surface area contributed by atoms with E-state index in [1.165, 1.54) is 11.3 Å². The summed E-state index contributed by atoms with van der Waals surface area (Å²) in [6.07, 6.45) is 1.78. The maximum Gasteiger partial charge on any atom is 0.235 e. The third kappa shape index (κ3) is 2.19. The Morgan fingerprint density at radius 1 is 1.25 bits per heavy atom. The number of hydrogen-bond acceptors (Lipinski definition) is 6. The monoisotopic (exact) mass is 288 g/mol. The second-order valence-electron chi connectivity index (χ2n) is 5.63. The summed E-state index contributed by atoms with van der Waals surface area (Å²) in [7, 11) is 0. The first kappa shape index (κ1) is 13.1. The molecule has 0 saturated heterocycles. The molecule has 0 spiro atoms. The minimum atomic E-state index is -0.0956. The van der Waals surface area contributed by atoms with E-state index >= 15 is 0 Å². The number of pyridine rings is 1. The summed E-state index contributed by atoms with van der Waals surface area (Å²) < 4.78 is 1.80. The Hall–Kier alpha value is -1.86. The zero-order chi connectivity index (χ0) is 14.3. The van der Waals surface area contributed by atoms with Gasteiger partial charge >= 0.3 is 0 Å². The van der Waals surface area contributed by atoms with Crippen LogP contribution in [-0.2, 0) is 12.0 Å². The van der Waals surface area contributed by atoms with Gasteiger partial charge in [-0.25, -0.2) is 0 Å². The molecule has 0 fully saturated rings. The van der Waals surface area contributed by atoms with Gasteiger partial charge in [0.2, 0.25) is 4.96 Å². The van der Waals surface area contributed by atoms with E-state index in [9.17, 15) is 0 Å². The maximum atomic E-state index is 5.58. The quantitative estimate of drug-likeness (QED) is 0.780. The number of nitrogens with two attached hydrogens (primary N) is 1. The molecule has 3 aromatic rings. The Bertz CT molecular complexity index is 734. The van der Waals surface area contributed by atoms with E-state index in [0.717, 1.165) is 27.1 Å². The summed E-state index contributed by atoms with van der Waals surface area (Å²) in [5, 5.41) is 13.8. The lowest BCUT2D eigenvalue weighted by atomic mass is 9.96. The van der Waals surface area contributed by atoms with Crippen LogP contribution in [0.25, 0.3) is 15.7 Å². The molecule has 0 bridgehead atoms. The molecule has 3 rings (SSSR count). The summed E-state index contributed by atoms with van der Waals surface area (Å²) in [5.41, 5.74) is 7.32. The van der Waals surface area contributed by atoms with Crippen LogP contribution in [0.3, 0.4) is 0 Å². The van der Waals surface area contributed by atoms with Crippen LogP contribution in [-0.4, -0.2) is 24.8 Å². The van der Waals surface area contributed by atoms with Crippen LogP contribution >= 0.6 is 11.3 Å². The van der Waals surface area contributed by atoms with Crippen molar-refractivity contribution in [2.75, 3.05) is 0 Å². The fourth-order valence-electron chi connectivity index (χ4n) is 1.86. The summed E-state index contributed by atoms with van der Waals surface area (Å²) in [4.78, 5) is 5.18. The Balaban J connectivity index is 2.06. The van der Waals surface area contributed by atoms with E-state index in [1.54, 1.807) is 10.7 Å². The fraction of sp³-hybridized carbons (Fsp3) is 0.385. The normalized spacial score (nSPS) is 12.2. The van der Waals surface area contributed by atoms with Gasteiger partial charge in [0.25, 0.3) is 0 Å². The Labute approximate surface area is 120 Å². The average Bonchev–Trinajstić information content (AvgIpc) is 2.97. The molecule has 6 nitrogen and oxygen atoms in total. The molecule has 0 amide bonds. The smallest absolute Gasteiger partial charge is 0.235 e. The topological polar surface area (TPSA) is 82.0 Å². The predicted octanol–water partition coefficient (Wildman–Crippen LogP) is 2.00. The number of nitrogens with zero attached hydrogens (tertiary/aromatic N) is 5. The molecule has 7 heteroatoms. The zero-order valence-electron chi connectivity index (χ0n) is 11.7. The van der Waals surface area contributed by atoms with Crippen LogP contribution in [0.15, 0.2) is 18.3 Å². The van der Waals surface area contributed by atoms with Crippen molar-refractivity contribution >= 4 is 16.3 Å². The first-order valence-corrected chi connectivity index (χ1v) is 7.19. The van der Waals surface area contributed by atoms with Crippen molar-refractivity contribution in [1.29, 1.82) is 0 Å². The molecular weight excluding hydrogens is 272 g/mol. The molecule has 0 atom stereocenters. The van der Waals surface area contributed by atoms with E-state index in [1.807, 2.05) is 12.1 Å². The van der Waals surface area contributed by atoms with E-state index < -0.39 is 0 Å². The third-order valence-corrected chi connectivity index (χ3v) is 3.86. The van der Waals surface area contributed by atoms with Gasteiger partial charge in [-0.1, -0.05) is 38.2 Å². The highest BCUT2D eigenvalue weighted by Gasteiger charge is 2.23. The molecule has 0 radical (unpaired) electrons. The zero-order valence-corrected chi connectivity index (χ0v) is 12.5. The van der Waals surface area contributed by atoms with Crippen molar-refractivity contribution < 1.29 is 0 Å². The van der Waals surface area contributed by atoms with Crippen LogP contribution in [0.4, 0.5) is 0 Å². The third-order valence-electron chi connectivity index (χ3n) is 2.94. The minimum absolute atomic E-state index is 0.0956. The molecule has 0 aliphatic carbocycles. The molecule has 2 N–H and O–H groups in total. The van der Waals surface area contributed by atoms with Crippen LogP contribution in [0.2, 0.25) is 0 Å². The highest BCUT2D eigenvalue weighted by atomic mass is 32.1. The molecule has 104 valence electrons. The number of aromatic nitrogens is 5. The molecule has 3 aromatic heterocycles. The Kier molecular flexibility index (Phi) is 3.02. The van der Waals surface area contributed by atoms with Gasteiger partial charge in [-0.05, 0) is 11.6 Å². The largest absolute Gasteiger partial charge is 0.326 e. The van der Waals surface area contributed by atoms with Gasteiger partial charge in [0, 0.05) is 18.2 Å². The molecule has 0 aromatic carbocycles. The van der Waals surface area contributed by atoms with Gasteiger partial charge in [0.05, 0.1) is 0 Å². The van der Waals surface area contributed by atoms with Gasteiger partial charge in [0.15, 0.2) is 10.8 Å². The second kappa shape index (κ2) is 4.60. The lowest BCUT2D eigenvalue weighted by Gasteiger charge is -2.13. The van der Waals surface area contributed by atoms with Gasteiger partial charge in [0.1, 0.15) is 5.69 Å². The predicted molar refractivity (Wildman–Crippen MR) is 78.5 cm³/mol. The molecule has 0 aliphatic rings. The minimum Gasteiger partial charge on any atom is -0.326 e. The molecule has 0 aliphatic heterocycles. The Morgan fingerprint density at radius 3 is 2.65 bits per heavy atom. The van der Waals surface area contributed by atoms with Crippen LogP contribution in [0.1, 0.15) is 32.2 Å². The second-order valence-corrected chi connectivity index (χ2v) is 6.59. The van der Waals surface area contributed by atoms with Gasteiger partial charge in [-0.3, -0.25) is 4.98 Å². The molecule has 3 heterocycles. The van der Waals surface area contributed by atoms with Crippen molar-refractivity contribution in [1.82, 2.24) is 24.8 Å². The van der Waals surface area contributed by atoms with Gasteiger partial charge in [-0.2, -0.15) is 9.61 Å². The standard InChI is InChI=1S/C13H16N6S/c1-13(2,3)11-16-17-12-19(11)18-10(20-12)9-5-4-8(6-14)7-15-9/h4-5,7H,6,14H2,1-3H3. The van der Waals surface area contributed by atoms with E-state index in [4.69, 9.17) is 5.73 Å². The lowest BCUT2D eigenvalue weighted by molar-refractivity contribution is 0.528. The van der Waals surface area contributed by atoms with Crippen molar-refractivity contribution in [2.45, 2.75) is 32.7 Å². The van der Waals surface area contributed by atoms with Crippen molar-refractivity contribution in [2.24, 2.45) is 5.73 Å². The van der Waals surface area contributed by atoms with Crippen LogP contribution < -0.4 is 5.73 Å². The summed E-state index contributed by atoms with van der Waals surface area (Å²) in [5.74, 6) is 0.855. The molecule has 0 saturated carbocycles. The van der Waals surface area contributed by atoms with Crippen LogP contribution in [0.5, 0.6) is 0 Å². The summed E-state index contributed by atoms with van der Waals surface area (Å²) in [6.45, 7) is 6.77.